The van der Waals surface area contributed by atoms with E-state index in [0.717, 1.165) is 11.8 Å². The summed E-state index contributed by atoms with van der Waals surface area (Å²) in [4.78, 5) is 23.7. The van der Waals surface area contributed by atoms with Crippen molar-refractivity contribution in [3.05, 3.63) is 23.8 Å². The van der Waals surface area contributed by atoms with Gasteiger partial charge < -0.3 is 30.4 Å². The molecule has 138 valence electrons. The predicted octanol–water partition coefficient (Wildman–Crippen LogP) is 0.343. The van der Waals surface area contributed by atoms with Gasteiger partial charge in [-0.2, -0.15) is 9.97 Å². The van der Waals surface area contributed by atoms with Gasteiger partial charge in [0.2, 0.25) is 5.95 Å². The van der Waals surface area contributed by atoms with Crippen molar-refractivity contribution in [2.24, 2.45) is 5.84 Å². The molecular weight excluding hydrogens is 338 g/mol. The summed E-state index contributed by atoms with van der Waals surface area (Å²) < 4.78 is 10.6. The van der Waals surface area contributed by atoms with Gasteiger partial charge in [0.1, 0.15) is 5.69 Å². The quantitative estimate of drug-likeness (QED) is 0.377. The molecule has 5 N–H and O–H groups in total. The smallest absolute Gasteiger partial charge is 0.224 e. The summed E-state index contributed by atoms with van der Waals surface area (Å²) in [6.07, 6.45) is 0.264. The van der Waals surface area contributed by atoms with Crippen LogP contribution < -0.4 is 36.3 Å². The zero-order valence-corrected chi connectivity index (χ0v) is 14.8. The number of nitrogen functional groups attached to an aromatic ring is 2. The average molecular weight is 359 g/mol. The van der Waals surface area contributed by atoms with Gasteiger partial charge in [0, 0.05) is 13.6 Å². The van der Waals surface area contributed by atoms with Gasteiger partial charge in [-0.25, -0.2) is 5.84 Å². The molecule has 2 heterocycles. The zero-order chi connectivity index (χ0) is 18.8. The van der Waals surface area contributed by atoms with Gasteiger partial charge in [0.25, 0.3) is 0 Å². The van der Waals surface area contributed by atoms with E-state index in [1.807, 2.05) is 23.1 Å². The van der Waals surface area contributed by atoms with Crippen molar-refractivity contribution < 1.29 is 14.3 Å². The number of aldehydes is 1. The summed E-state index contributed by atoms with van der Waals surface area (Å²) in [5, 5.41) is 0. The molecule has 1 unspecified atom stereocenters. The van der Waals surface area contributed by atoms with E-state index in [-0.39, 0.29) is 5.95 Å². The molecule has 3 rings (SSSR count). The number of ether oxygens (including phenoxy) is 2. The molecule has 26 heavy (non-hydrogen) atoms. The fourth-order valence-electron chi connectivity index (χ4n) is 3.06. The standard InChI is InChI=1S/C16H21N7O3/c1-22-12(8-24)23(15-13(22)14(21-18)19-16(17)20-15)7-9-4-5-10(25-2)11(6-9)26-3/h4-6,8,12H,7,18H2,1-3H3,(H3,17,19,20,21). The number of hydrazine groups is 1. The Labute approximate surface area is 150 Å². The first kappa shape index (κ1) is 17.5. The predicted molar refractivity (Wildman–Crippen MR) is 98.2 cm³/mol. The van der Waals surface area contributed by atoms with Crippen molar-refractivity contribution in [3.8, 4) is 11.5 Å². The molecule has 0 saturated carbocycles. The molecule has 10 nitrogen and oxygen atoms in total. The van der Waals surface area contributed by atoms with Crippen molar-refractivity contribution >= 4 is 29.6 Å². The van der Waals surface area contributed by atoms with Crippen LogP contribution in [0, 0.1) is 0 Å². The third-order valence-electron chi connectivity index (χ3n) is 4.28. The Kier molecular flexibility index (Phi) is 4.67. The fraction of sp³-hybridized carbons (Fsp3) is 0.312. The SMILES string of the molecule is COc1ccc(CN2c3nc(N)nc(NN)c3N(C)C2C=O)cc1OC. The zero-order valence-electron chi connectivity index (χ0n) is 14.8. The second kappa shape index (κ2) is 6.92. The van der Waals surface area contributed by atoms with Crippen LogP contribution in [0.4, 0.5) is 23.3 Å². The Hall–Kier alpha value is -3.27. The Morgan fingerprint density at radius 2 is 2.00 bits per heavy atom. The number of aromatic nitrogens is 2. The molecular formula is C16H21N7O3. The first-order chi connectivity index (χ1) is 12.5. The molecule has 0 spiro atoms. The third-order valence-corrected chi connectivity index (χ3v) is 4.28. The number of carbonyl (C=O) groups is 1. The fourth-order valence-corrected chi connectivity index (χ4v) is 3.06. The molecule has 0 saturated heterocycles. The van der Waals surface area contributed by atoms with E-state index >= 15 is 0 Å². The summed E-state index contributed by atoms with van der Waals surface area (Å²) in [5.41, 5.74) is 9.82. The monoisotopic (exact) mass is 359 g/mol. The molecule has 1 aromatic heterocycles. The molecule has 1 atom stereocenters. The van der Waals surface area contributed by atoms with Crippen LogP contribution in [0.25, 0.3) is 0 Å². The second-order valence-corrected chi connectivity index (χ2v) is 5.72. The van der Waals surface area contributed by atoms with Gasteiger partial charge in [-0.15, -0.1) is 0 Å². The van der Waals surface area contributed by atoms with Crippen LogP contribution in [0.15, 0.2) is 18.2 Å². The lowest BCUT2D eigenvalue weighted by molar-refractivity contribution is -0.108. The number of rotatable bonds is 6. The third kappa shape index (κ3) is 2.80. The van der Waals surface area contributed by atoms with Crippen LogP contribution in [-0.4, -0.2) is 43.7 Å². The van der Waals surface area contributed by atoms with Crippen LogP contribution in [0.3, 0.4) is 0 Å². The summed E-state index contributed by atoms with van der Waals surface area (Å²) in [7, 11) is 4.92. The number of fused-ring (bicyclic) bond motifs is 1. The van der Waals surface area contributed by atoms with Crippen LogP contribution in [0.2, 0.25) is 0 Å². The minimum absolute atomic E-state index is 0.0639. The summed E-state index contributed by atoms with van der Waals surface area (Å²) in [6, 6.07) is 5.56. The van der Waals surface area contributed by atoms with Crippen molar-refractivity contribution in [3.63, 3.8) is 0 Å². The maximum atomic E-state index is 11.7. The van der Waals surface area contributed by atoms with Gasteiger partial charge in [0.05, 0.1) is 14.2 Å². The van der Waals surface area contributed by atoms with Crippen molar-refractivity contribution in [2.75, 3.05) is 42.2 Å². The molecule has 1 aliphatic rings. The Morgan fingerprint density at radius 1 is 1.27 bits per heavy atom. The first-order valence-corrected chi connectivity index (χ1v) is 7.83. The Balaban J connectivity index is 2.03. The number of nitrogens with two attached hydrogens (primary N) is 2. The van der Waals surface area contributed by atoms with E-state index in [1.54, 1.807) is 26.2 Å². The molecule has 0 radical (unpaired) electrons. The van der Waals surface area contributed by atoms with E-state index in [1.165, 1.54) is 0 Å². The number of nitrogens with zero attached hydrogens (tertiary/aromatic N) is 4. The van der Waals surface area contributed by atoms with Crippen LogP contribution >= 0.6 is 0 Å². The lowest BCUT2D eigenvalue weighted by Crippen LogP contribution is -2.42. The number of likely N-dealkylation sites (N-methyl/N-ethyl adjacent to an activating group) is 1. The van der Waals surface area contributed by atoms with Gasteiger partial charge in [-0.05, 0) is 17.7 Å². The number of nitrogens with one attached hydrogen (secondary N) is 1. The van der Waals surface area contributed by atoms with Crippen molar-refractivity contribution in [1.29, 1.82) is 0 Å². The lowest BCUT2D eigenvalue weighted by atomic mass is 10.2. The first-order valence-electron chi connectivity index (χ1n) is 7.83. The lowest BCUT2D eigenvalue weighted by Gasteiger charge is -2.25. The minimum atomic E-state index is -0.568. The summed E-state index contributed by atoms with van der Waals surface area (Å²) in [5.74, 6) is 7.73. The highest BCUT2D eigenvalue weighted by Crippen LogP contribution is 2.42. The van der Waals surface area contributed by atoms with E-state index in [4.69, 9.17) is 21.1 Å². The topological polar surface area (TPSA) is 132 Å². The number of hydrogen-bond donors (Lipinski definition) is 3. The Morgan fingerprint density at radius 3 is 2.62 bits per heavy atom. The maximum absolute atomic E-state index is 11.7. The molecule has 1 aromatic carbocycles. The van der Waals surface area contributed by atoms with Crippen LogP contribution in [0.5, 0.6) is 11.5 Å². The van der Waals surface area contributed by atoms with Gasteiger partial charge >= 0.3 is 0 Å². The van der Waals surface area contributed by atoms with E-state index in [9.17, 15) is 4.79 Å². The molecule has 0 fully saturated rings. The number of hydrogen-bond acceptors (Lipinski definition) is 10. The normalized spacial score (nSPS) is 15.6. The molecule has 10 heteroatoms. The number of benzene rings is 1. The number of anilines is 4. The van der Waals surface area contributed by atoms with Gasteiger partial charge in [0.15, 0.2) is 35.6 Å². The highest BCUT2D eigenvalue weighted by atomic mass is 16.5. The maximum Gasteiger partial charge on any atom is 0.224 e. The van der Waals surface area contributed by atoms with E-state index in [2.05, 4.69) is 15.4 Å². The molecule has 1 aliphatic heterocycles. The number of carbonyl (C=O) groups excluding carboxylic acids is 1. The highest BCUT2D eigenvalue weighted by molar-refractivity contribution is 5.90. The van der Waals surface area contributed by atoms with Gasteiger partial charge in [-0.3, -0.25) is 4.79 Å². The summed E-state index contributed by atoms with van der Waals surface area (Å²) in [6.45, 7) is 0.404. The largest absolute Gasteiger partial charge is 0.493 e. The summed E-state index contributed by atoms with van der Waals surface area (Å²) >= 11 is 0. The van der Waals surface area contributed by atoms with E-state index < -0.39 is 6.17 Å². The minimum Gasteiger partial charge on any atom is -0.493 e. The van der Waals surface area contributed by atoms with Gasteiger partial charge in [-0.1, -0.05) is 6.07 Å². The average Bonchev–Trinajstić information content (AvgIpc) is 2.91. The number of methoxy groups -OCH3 is 2. The molecule has 0 amide bonds. The molecule has 0 bridgehead atoms. The van der Waals surface area contributed by atoms with Crippen LogP contribution in [-0.2, 0) is 11.3 Å². The van der Waals surface area contributed by atoms with Crippen molar-refractivity contribution in [1.82, 2.24) is 9.97 Å². The van der Waals surface area contributed by atoms with Crippen molar-refractivity contribution in [2.45, 2.75) is 12.7 Å². The second-order valence-electron chi connectivity index (χ2n) is 5.72. The van der Waals surface area contributed by atoms with Crippen LogP contribution in [0.1, 0.15) is 5.56 Å². The van der Waals surface area contributed by atoms with E-state index in [0.29, 0.717) is 35.4 Å². The highest BCUT2D eigenvalue weighted by Gasteiger charge is 2.37. The molecule has 0 aliphatic carbocycles. The Bertz CT molecular complexity index is 830. The molecule has 2 aromatic rings.